The Morgan fingerprint density at radius 2 is 2.00 bits per heavy atom. The minimum Gasteiger partial charge on any atom is -0.356 e. The number of fused-ring (bicyclic) bond motifs is 2. The van der Waals surface area contributed by atoms with Crippen molar-refractivity contribution >= 4 is 41.5 Å². The Labute approximate surface area is 161 Å². The van der Waals surface area contributed by atoms with E-state index in [0.717, 1.165) is 24.4 Å². The third-order valence-corrected chi connectivity index (χ3v) is 5.25. The standard InChI is InChI=1S/C18H25ClN2O.HI/c1-12(22)20-8-2-3-13-9-15(19)4-7-18(13)14-10-16-5-6-17(11-14)21-16;/h4,7,9,14,16-17,21H,2-3,5-6,8,10-11H2,1H3,(H,20,22);1H. The summed E-state index contributed by atoms with van der Waals surface area (Å²) < 4.78 is 0. The Balaban J connectivity index is 0.00000192. The second-order valence-electron chi connectivity index (χ2n) is 6.74. The molecule has 1 amide bonds. The molecule has 1 aromatic carbocycles. The van der Waals surface area contributed by atoms with Gasteiger partial charge in [-0.3, -0.25) is 4.79 Å². The van der Waals surface area contributed by atoms with Gasteiger partial charge in [-0.1, -0.05) is 17.7 Å². The lowest BCUT2D eigenvalue weighted by Crippen LogP contribution is -2.37. The first-order chi connectivity index (χ1) is 10.6. The first kappa shape index (κ1) is 19.0. The van der Waals surface area contributed by atoms with Crippen LogP contribution in [0.3, 0.4) is 0 Å². The van der Waals surface area contributed by atoms with Crippen molar-refractivity contribution in [2.75, 3.05) is 6.54 Å². The fraction of sp³-hybridized carbons (Fsp3) is 0.611. The molecule has 2 fully saturated rings. The van der Waals surface area contributed by atoms with Gasteiger partial charge in [-0.2, -0.15) is 0 Å². The lowest BCUT2D eigenvalue weighted by molar-refractivity contribution is -0.118. The molecule has 2 atom stereocenters. The van der Waals surface area contributed by atoms with E-state index in [1.807, 2.05) is 6.07 Å². The normalized spacial score (nSPS) is 25.7. The van der Waals surface area contributed by atoms with Crippen molar-refractivity contribution in [1.29, 1.82) is 0 Å². The van der Waals surface area contributed by atoms with Crippen LogP contribution in [0, 0.1) is 0 Å². The number of carbonyl (C=O) groups is 1. The number of aryl methyl sites for hydroxylation is 1. The van der Waals surface area contributed by atoms with Crippen LogP contribution in [0.2, 0.25) is 5.02 Å². The zero-order valence-electron chi connectivity index (χ0n) is 13.6. The molecule has 0 radical (unpaired) electrons. The average molecular weight is 449 g/mol. The average Bonchev–Trinajstić information content (AvgIpc) is 2.82. The molecule has 3 rings (SSSR count). The topological polar surface area (TPSA) is 41.1 Å². The van der Waals surface area contributed by atoms with E-state index < -0.39 is 0 Å². The highest BCUT2D eigenvalue weighted by Crippen LogP contribution is 2.39. The summed E-state index contributed by atoms with van der Waals surface area (Å²) >= 11 is 6.21. The van der Waals surface area contributed by atoms with Gasteiger partial charge in [0.1, 0.15) is 0 Å². The molecule has 2 unspecified atom stereocenters. The van der Waals surface area contributed by atoms with E-state index in [9.17, 15) is 4.79 Å². The summed E-state index contributed by atoms with van der Waals surface area (Å²) in [6, 6.07) is 7.77. The fourth-order valence-corrected chi connectivity index (χ4v) is 4.24. The third-order valence-electron chi connectivity index (χ3n) is 5.01. The molecule has 0 aromatic heterocycles. The maximum Gasteiger partial charge on any atom is 0.216 e. The highest BCUT2D eigenvalue weighted by molar-refractivity contribution is 14.0. The minimum atomic E-state index is 0. The summed E-state index contributed by atoms with van der Waals surface area (Å²) in [4.78, 5) is 11.0. The molecule has 0 spiro atoms. The highest BCUT2D eigenvalue weighted by Gasteiger charge is 2.34. The Morgan fingerprint density at radius 3 is 2.65 bits per heavy atom. The van der Waals surface area contributed by atoms with E-state index in [0.29, 0.717) is 18.0 Å². The van der Waals surface area contributed by atoms with Gasteiger partial charge in [0.2, 0.25) is 5.91 Å². The predicted molar refractivity (Wildman–Crippen MR) is 106 cm³/mol. The fourth-order valence-electron chi connectivity index (χ4n) is 4.04. The molecule has 3 nitrogen and oxygen atoms in total. The first-order valence-electron chi connectivity index (χ1n) is 8.40. The van der Waals surface area contributed by atoms with Crippen LogP contribution in [-0.4, -0.2) is 24.5 Å². The molecular weight excluding hydrogens is 423 g/mol. The molecular formula is C18H26ClIN2O. The monoisotopic (exact) mass is 448 g/mol. The van der Waals surface area contributed by atoms with E-state index in [1.54, 1.807) is 6.92 Å². The van der Waals surface area contributed by atoms with Crippen LogP contribution in [0.5, 0.6) is 0 Å². The molecule has 2 saturated heterocycles. The van der Waals surface area contributed by atoms with Crippen molar-refractivity contribution in [3.63, 3.8) is 0 Å². The van der Waals surface area contributed by atoms with E-state index in [2.05, 4.69) is 22.8 Å². The van der Waals surface area contributed by atoms with Gasteiger partial charge in [-0.15, -0.1) is 24.0 Å². The Bertz CT molecular complexity index is 540. The van der Waals surface area contributed by atoms with Crippen molar-refractivity contribution in [2.24, 2.45) is 0 Å². The number of amides is 1. The van der Waals surface area contributed by atoms with Gasteiger partial charge in [0.15, 0.2) is 0 Å². The van der Waals surface area contributed by atoms with E-state index in [4.69, 9.17) is 11.6 Å². The molecule has 2 aliphatic heterocycles. The molecule has 0 aliphatic carbocycles. The van der Waals surface area contributed by atoms with Gasteiger partial charge < -0.3 is 10.6 Å². The lowest BCUT2D eigenvalue weighted by atomic mass is 9.83. The van der Waals surface area contributed by atoms with Crippen LogP contribution in [0.4, 0.5) is 0 Å². The van der Waals surface area contributed by atoms with Crippen LogP contribution in [0.25, 0.3) is 0 Å². The van der Waals surface area contributed by atoms with Crippen LogP contribution < -0.4 is 10.6 Å². The summed E-state index contributed by atoms with van der Waals surface area (Å²) in [5.74, 6) is 0.702. The van der Waals surface area contributed by atoms with Gasteiger partial charge >= 0.3 is 0 Å². The predicted octanol–water partition coefficient (Wildman–Crippen LogP) is 4.02. The number of hydrogen-bond donors (Lipinski definition) is 2. The van der Waals surface area contributed by atoms with Crippen molar-refractivity contribution in [3.05, 3.63) is 34.3 Å². The number of hydrogen-bond acceptors (Lipinski definition) is 2. The number of piperidine rings is 1. The largest absolute Gasteiger partial charge is 0.356 e. The van der Waals surface area contributed by atoms with Gasteiger partial charge in [0, 0.05) is 30.6 Å². The second-order valence-corrected chi connectivity index (χ2v) is 7.17. The summed E-state index contributed by atoms with van der Waals surface area (Å²) in [5, 5.41) is 7.40. The molecule has 0 saturated carbocycles. The van der Waals surface area contributed by atoms with Crippen molar-refractivity contribution in [2.45, 2.75) is 63.5 Å². The van der Waals surface area contributed by atoms with Gasteiger partial charge in [-0.05, 0) is 67.7 Å². The third kappa shape index (κ3) is 5.07. The summed E-state index contributed by atoms with van der Waals surface area (Å²) in [7, 11) is 0. The maximum absolute atomic E-state index is 11.0. The summed E-state index contributed by atoms with van der Waals surface area (Å²) in [5.41, 5.74) is 2.84. The van der Waals surface area contributed by atoms with Crippen molar-refractivity contribution < 1.29 is 4.79 Å². The summed E-state index contributed by atoms with van der Waals surface area (Å²) in [6.07, 6.45) is 7.09. The van der Waals surface area contributed by atoms with Crippen LogP contribution >= 0.6 is 35.6 Å². The van der Waals surface area contributed by atoms with Gasteiger partial charge in [0.25, 0.3) is 0 Å². The number of nitrogens with one attached hydrogen (secondary N) is 2. The Kier molecular flexibility index (Phi) is 7.17. The minimum absolute atomic E-state index is 0. The molecule has 2 heterocycles. The first-order valence-corrected chi connectivity index (χ1v) is 8.78. The van der Waals surface area contributed by atoms with Crippen molar-refractivity contribution in [3.8, 4) is 0 Å². The van der Waals surface area contributed by atoms with Crippen LogP contribution in [0.1, 0.15) is 56.1 Å². The number of benzene rings is 1. The van der Waals surface area contributed by atoms with Gasteiger partial charge in [0.05, 0.1) is 0 Å². The zero-order valence-corrected chi connectivity index (χ0v) is 16.7. The zero-order chi connectivity index (χ0) is 15.5. The highest BCUT2D eigenvalue weighted by atomic mass is 127. The molecule has 2 aliphatic rings. The van der Waals surface area contributed by atoms with E-state index in [1.165, 1.54) is 36.8 Å². The second kappa shape index (κ2) is 8.67. The van der Waals surface area contributed by atoms with E-state index >= 15 is 0 Å². The lowest BCUT2D eigenvalue weighted by Gasteiger charge is -2.31. The van der Waals surface area contributed by atoms with Gasteiger partial charge in [-0.25, -0.2) is 0 Å². The number of rotatable bonds is 5. The SMILES string of the molecule is CC(=O)NCCCc1cc(Cl)ccc1C1CC2CCC(C1)N2.I. The maximum atomic E-state index is 11.0. The quantitative estimate of drug-likeness (QED) is 0.527. The number of halogens is 2. The van der Waals surface area contributed by atoms with Crippen molar-refractivity contribution in [1.82, 2.24) is 10.6 Å². The van der Waals surface area contributed by atoms with Crippen LogP contribution in [0.15, 0.2) is 18.2 Å². The molecule has 5 heteroatoms. The molecule has 2 N–H and O–H groups in total. The van der Waals surface area contributed by atoms with Crippen LogP contribution in [-0.2, 0) is 11.2 Å². The molecule has 23 heavy (non-hydrogen) atoms. The molecule has 2 bridgehead atoms. The Morgan fingerprint density at radius 1 is 1.30 bits per heavy atom. The number of carbonyl (C=O) groups excluding carboxylic acids is 1. The summed E-state index contributed by atoms with van der Waals surface area (Å²) in [6.45, 7) is 2.30. The Hall–Kier alpha value is -0.330. The van der Waals surface area contributed by atoms with E-state index in [-0.39, 0.29) is 29.9 Å². The molecule has 128 valence electrons. The molecule has 1 aromatic rings. The smallest absolute Gasteiger partial charge is 0.216 e.